The van der Waals surface area contributed by atoms with Crippen molar-refractivity contribution in [2.45, 2.75) is 33.6 Å². The molecule has 0 atom stereocenters. The van der Waals surface area contributed by atoms with Crippen molar-refractivity contribution in [1.82, 2.24) is 20.8 Å². The van der Waals surface area contributed by atoms with Gasteiger partial charge < -0.3 is 19.9 Å². The van der Waals surface area contributed by atoms with Crippen LogP contribution in [0.4, 0.5) is 0 Å². The van der Waals surface area contributed by atoms with Crippen molar-refractivity contribution in [2.24, 2.45) is 4.99 Å². The van der Waals surface area contributed by atoms with E-state index in [9.17, 15) is 0 Å². The van der Waals surface area contributed by atoms with E-state index in [1.165, 1.54) is 5.56 Å². The van der Waals surface area contributed by atoms with E-state index >= 15 is 0 Å². The molecule has 0 saturated heterocycles. The number of rotatable bonds is 10. The van der Waals surface area contributed by atoms with Crippen molar-refractivity contribution in [2.75, 3.05) is 32.8 Å². The maximum Gasteiger partial charge on any atom is 0.257 e. The number of nitrogens with zero attached hydrogens (tertiary/aromatic N) is 3. The minimum absolute atomic E-state index is 0.572. The lowest BCUT2D eigenvalue weighted by molar-refractivity contribution is 0.155. The average molecular weight is 359 g/mol. The van der Waals surface area contributed by atoms with Crippen molar-refractivity contribution in [3.05, 3.63) is 35.7 Å². The molecule has 0 radical (unpaired) electrons. The highest BCUT2D eigenvalue weighted by Gasteiger charge is 2.07. The molecule has 0 aliphatic carbocycles. The van der Waals surface area contributed by atoms with Gasteiger partial charge in [-0.1, -0.05) is 24.2 Å². The van der Waals surface area contributed by atoms with E-state index in [2.05, 4.69) is 44.8 Å². The Morgan fingerprint density at radius 3 is 2.62 bits per heavy atom. The summed E-state index contributed by atoms with van der Waals surface area (Å²) in [6, 6.07) is 8.21. The SMILES string of the molecule is CCNC(=NCCOCC)NCCc1ccc(-c2nc(CC)no2)cc1. The highest BCUT2D eigenvalue weighted by Crippen LogP contribution is 2.18. The fraction of sp³-hybridized carbons (Fsp3) is 0.526. The van der Waals surface area contributed by atoms with E-state index in [0.29, 0.717) is 19.0 Å². The van der Waals surface area contributed by atoms with Crippen molar-refractivity contribution < 1.29 is 9.26 Å². The molecule has 2 rings (SSSR count). The minimum Gasteiger partial charge on any atom is -0.380 e. The minimum atomic E-state index is 0.572. The molecular formula is C19H29N5O2. The molecule has 26 heavy (non-hydrogen) atoms. The van der Waals surface area contributed by atoms with Crippen LogP contribution in [0.25, 0.3) is 11.5 Å². The summed E-state index contributed by atoms with van der Waals surface area (Å²) in [5.41, 5.74) is 2.18. The Labute approximate surface area is 155 Å². The number of benzene rings is 1. The highest BCUT2D eigenvalue weighted by molar-refractivity contribution is 5.79. The number of hydrogen-bond donors (Lipinski definition) is 2. The van der Waals surface area contributed by atoms with Gasteiger partial charge in [-0.3, -0.25) is 4.99 Å². The Hall–Kier alpha value is -2.41. The molecule has 7 nitrogen and oxygen atoms in total. The maximum atomic E-state index is 5.31. The number of nitrogens with one attached hydrogen (secondary N) is 2. The molecule has 142 valence electrons. The molecule has 0 spiro atoms. The molecule has 7 heteroatoms. The van der Waals surface area contributed by atoms with Crippen LogP contribution in [0.2, 0.25) is 0 Å². The second-order valence-electron chi connectivity index (χ2n) is 5.70. The lowest BCUT2D eigenvalue weighted by Crippen LogP contribution is -2.38. The Kier molecular flexibility index (Phi) is 8.62. The number of guanidine groups is 1. The van der Waals surface area contributed by atoms with Gasteiger partial charge in [0.25, 0.3) is 5.89 Å². The van der Waals surface area contributed by atoms with Crippen LogP contribution < -0.4 is 10.6 Å². The van der Waals surface area contributed by atoms with Gasteiger partial charge in [-0.25, -0.2) is 0 Å². The third-order valence-electron chi connectivity index (χ3n) is 3.75. The molecule has 0 saturated carbocycles. The number of ether oxygens (including phenoxy) is 1. The quantitative estimate of drug-likeness (QED) is 0.385. The summed E-state index contributed by atoms with van der Waals surface area (Å²) in [7, 11) is 0. The molecule has 0 aliphatic heterocycles. The molecule has 2 N–H and O–H groups in total. The molecule has 2 aromatic rings. The van der Waals surface area contributed by atoms with Gasteiger partial charge in [0.15, 0.2) is 11.8 Å². The van der Waals surface area contributed by atoms with Gasteiger partial charge in [0.1, 0.15) is 0 Å². The van der Waals surface area contributed by atoms with E-state index in [-0.39, 0.29) is 0 Å². The second kappa shape index (κ2) is 11.3. The Morgan fingerprint density at radius 1 is 1.15 bits per heavy atom. The van der Waals surface area contributed by atoms with Gasteiger partial charge in [0.05, 0.1) is 13.2 Å². The second-order valence-corrected chi connectivity index (χ2v) is 5.70. The Bertz CT molecular complexity index is 667. The number of aryl methyl sites for hydroxylation is 1. The summed E-state index contributed by atoms with van der Waals surface area (Å²) in [5.74, 6) is 2.12. The van der Waals surface area contributed by atoms with Crippen LogP contribution in [0.3, 0.4) is 0 Å². The summed E-state index contributed by atoms with van der Waals surface area (Å²) in [5, 5.41) is 10.5. The van der Waals surface area contributed by atoms with Crippen molar-refractivity contribution in [3.63, 3.8) is 0 Å². The Morgan fingerprint density at radius 2 is 1.96 bits per heavy atom. The summed E-state index contributed by atoms with van der Waals surface area (Å²) in [6.45, 7) is 9.70. The molecule has 0 amide bonds. The number of aromatic nitrogens is 2. The highest BCUT2D eigenvalue weighted by atomic mass is 16.5. The molecule has 1 aromatic heterocycles. The largest absolute Gasteiger partial charge is 0.380 e. The summed E-state index contributed by atoms with van der Waals surface area (Å²) >= 11 is 0. The molecular weight excluding hydrogens is 330 g/mol. The monoisotopic (exact) mass is 359 g/mol. The molecule has 0 bridgehead atoms. The first-order valence-electron chi connectivity index (χ1n) is 9.28. The number of aliphatic imine (C=N–C) groups is 1. The van der Waals surface area contributed by atoms with Gasteiger partial charge in [0.2, 0.25) is 0 Å². The predicted octanol–water partition coefficient (Wildman–Crippen LogP) is 2.43. The third kappa shape index (κ3) is 6.48. The molecule has 0 unspecified atom stereocenters. The van der Waals surface area contributed by atoms with Crippen LogP contribution in [0.5, 0.6) is 0 Å². The summed E-state index contributed by atoms with van der Waals surface area (Å²) < 4.78 is 10.6. The van der Waals surface area contributed by atoms with E-state index in [1.54, 1.807) is 0 Å². The average Bonchev–Trinajstić information content (AvgIpc) is 3.15. The lowest BCUT2D eigenvalue weighted by atomic mass is 10.1. The molecule has 0 aliphatic rings. The first kappa shape index (κ1) is 19.9. The first-order valence-corrected chi connectivity index (χ1v) is 9.28. The van der Waals surface area contributed by atoms with Crippen LogP contribution in [0.15, 0.2) is 33.8 Å². The van der Waals surface area contributed by atoms with Crippen molar-refractivity contribution in [3.8, 4) is 11.5 Å². The summed E-state index contributed by atoms with van der Waals surface area (Å²) in [4.78, 5) is 8.84. The zero-order valence-corrected chi connectivity index (χ0v) is 15.9. The van der Waals surface area contributed by atoms with Gasteiger partial charge >= 0.3 is 0 Å². The molecule has 1 aromatic carbocycles. The van der Waals surface area contributed by atoms with Gasteiger partial charge in [-0.2, -0.15) is 4.98 Å². The standard InChI is InChI=1S/C19H29N5O2/c1-4-17-23-18(26-24-17)16-9-7-15(8-10-16)11-12-21-19(20-5-2)22-13-14-25-6-3/h7-10H,4-6,11-14H2,1-3H3,(H2,20,21,22). The lowest BCUT2D eigenvalue weighted by Gasteiger charge is -2.11. The van der Waals surface area contributed by atoms with Crippen LogP contribution in [0.1, 0.15) is 32.2 Å². The van der Waals surface area contributed by atoms with E-state index in [0.717, 1.165) is 49.9 Å². The maximum absolute atomic E-state index is 5.31. The summed E-state index contributed by atoms with van der Waals surface area (Å²) in [6.07, 6.45) is 1.67. The van der Waals surface area contributed by atoms with E-state index in [4.69, 9.17) is 9.26 Å². The zero-order valence-electron chi connectivity index (χ0n) is 15.9. The first-order chi connectivity index (χ1) is 12.8. The topological polar surface area (TPSA) is 84.6 Å². The zero-order chi connectivity index (χ0) is 18.6. The van der Waals surface area contributed by atoms with E-state index < -0.39 is 0 Å². The van der Waals surface area contributed by atoms with Crippen LogP contribution in [-0.2, 0) is 17.6 Å². The van der Waals surface area contributed by atoms with Gasteiger partial charge in [-0.15, -0.1) is 0 Å². The molecule has 1 heterocycles. The third-order valence-corrected chi connectivity index (χ3v) is 3.75. The fourth-order valence-corrected chi connectivity index (χ4v) is 2.36. The normalized spacial score (nSPS) is 11.6. The van der Waals surface area contributed by atoms with E-state index in [1.807, 2.05) is 26.0 Å². The smallest absolute Gasteiger partial charge is 0.257 e. The van der Waals surface area contributed by atoms with Crippen LogP contribution >= 0.6 is 0 Å². The van der Waals surface area contributed by atoms with Crippen LogP contribution in [-0.4, -0.2) is 48.9 Å². The predicted molar refractivity (Wildman–Crippen MR) is 103 cm³/mol. The van der Waals surface area contributed by atoms with Crippen molar-refractivity contribution in [1.29, 1.82) is 0 Å². The molecule has 0 fully saturated rings. The Balaban J connectivity index is 1.82. The van der Waals surface area contributed by atoms with Gasteiger partial charge in [0, 0.05) is 31.7 Å². The van der Waals surface area contributed by atoms with Crippen molar-refractivity contribution >= 4 is 5.96 Å². The van der Waals surface area contributed by atoms with Crippen LogP contribution in [0, 0.1) is 0 Å². The number of hydrogen-bond acceptors (Lipinski definition) is 5. The fourth-order valence-electron chi connectivity index (χ4n) is 2.36. The van der Waals surface area contributed by atoms with Gasteiger partial charge in [-0.05, 0) is 38.0 Å².